The number of fused-ring (bicyclic) bond motifs is 6. The van der Waals surface area contributed by atoms with Gasteiger partial charge in [0.2, 0.25) is 0 Å². The van der Waals surface area contributed by atoms with Crippen molar-refractivity contribution in [1.82, 2.24) is 19.1 Å². The molecule has 0 N–H and O–H groups in total. The maximum Gasteiger partial charge on any atom is 0.145 e. The lowest BCUT2D eigenvalue weighted by Gasteiger charge is -2.23. The van der Waals surface area contributed by atoms with Crippen LogP contribution in [0.1, 0.15) is 47.1 Å². The maximum atomic E-state index is 4.85. The molecule has 7 rings (SSSR count). The quantitative estimate of drug-likeness (QED) is 0.227. The van der Waals surface area contributed by atoms with Crippen LogP contribution >= 0.6 is 0 Å². The van der Waals surface area contributed by atoms with E-state index in [4.69, 9.17) is 9.97 Å². The van der Waals surface area contributed by atoms with E-state index in [1.54, 1.807) is 0 Å². The first kappa shape index (κ1) is 24.6. The van der Waals surface area contributed by atoms with E-state index in [1.165, 1.54) is 49.3 Å². The van der Waals surface area contributed by atoms with Gasteiger partial charge < -0.3 is 4.57 Å². The molecule has 4 heteroatoms. The number of nitrogens with zero attached hydrogens (tertiary/aromatic N) is 4. The molecule has 40 heavy (non-hydrogen) atoms. The van der Waals surface area contributed by atoms with E-state index in [0.717, 1.165) is 17.0 Å². The van der Waals surface area contributed by atoms with Crippen LogP contribution in [-0.4, -0.2) is 19.1 Å². The highest BCUT2D eigenvalue weighted by Crippen LogP contribution is 2.40. The molecular weight excluding hydrogens is 488 g/mol. The van der Waals surface area contributed by atoms with E-state index in [2.05, 4.69) is 123 Å². The second-order valence-electron chi connectivity index (χ2n) is 12.8. The average molecular weight is 523 g/mol. The SMILES string of the molecule is CC(C)(C)c1cccc2c1c1cccnc1n2-c1ccc(-c2cccc3c2c2cccnc2n3C(C)(C)C)cc1. The average Bonchev–Trinajstić information content (AvgIpc) is 3.46. The summed E-state index contributed by atoms with van der Waals surface area (Å²) >= 11 is 0. The Morgan fingerprint density at radius 2 is 1.20 bits per heavy atom. The molecule has 0 saturated carbocycles. The van der Waals surface area contributed by atoms with Gasteiger partial charge in [-0.05, 0) is 91.4 Å². The molecular formula is C36H34N4. The summed E-state index contributed by atoms with van der Waals surface area (Å²) in [6.45, 7) is 13.6. The zero-order valence-electron chi connectivity index (χ0n) is 24.0. The summed E-state index contributed by atoms with van der Waals surface area (Å²) in [5.74, 6) is 0. The van der Waals surface area contributed by atoms with Gasteiger partial charge in [-0.3, -0.25) is 4.57 Å². The van der Waals surface area contributed by atoms with E-state index >= 15 is 0 Å². The van der Waals surface area contributed by atoms with E-state index in [9.17, 15) is 0 Å². The third-order valence-electron chi connectivity index (χ3n) is 8.02. The minimum absolute atomic E-state index is 0.0259. The van der Waals surface area contributed by atoms with Gasteiger partial charge in [-0.15, -0.1) is 0 Å². The summed E-state index contributed by atoms with van der Waals surface area (Å²) < 4.78 is 4.67. The molecule has 0 saturated heterocycles. The first-order chi connectivity index (χ1) is 19.1. The Bertz CT molecular complexity index is 2060. The Balaban J connectivity index is 1.45. The Kier molecular flexibility index (Phi) is 5.24. The third kappa shape index (κ3) is 3.59. The fraction of sp³-hybridized carbons (Fsp3) is 0.222. The van der Waals surface area contributed by atoms with E-state index in [0.29, 0.717) is 0 Å². The first-order valence-corrected chi connectivity index (χ1v) is 14.0. The number of rotatable bonds is 2. The predicted molar refractivity (Wildman–Crippen MR) is 169 cm³/mol. The van der Waals surface area contributed by atoms with Crippen molar-refractivity contribution in [3.63, 3.8) is 0 Å². The van der Waals surface area contributed by atoms with Gasteiger partial charge in [0.15, 0.2) is 0 Å². The van der Waals surface area contributed by atoms with Crippen molar-refractivity contribution in [3.05, 3.63) is 103 Å². The molecule has 7 aromatic rings. The lowest BCUT2D eigenvalue weighted by molar-refractivity contribution is 0.421. The second-order valence-corrected chi connectivity index (χ2v) is 12.8. The molecule has 0 aliphatic heterocycles. The van der Waals surface area contributed by atoms with Crippen LogP contribution < -0.4 is 0 Å². The van der Waals surface area contributed by atoms with Gasteiger partial charge >= 0.3 is 0 Å². The van der Waals surface area contributed by atoms with E-state index < -0.39 is 0 Å². The highest BCUT2D eigenvalue weighted by molar-refractivity contribution is 6.14. The molecule has 198 valence electrons. The van der Waals surface area contributed by atoms with Gasteiger partial charge in [0.25, 0.3) is 0 Å². The van der Waals surface area contributed by atoms with Crippen LogP contribution in [0.2, 0.25) is 0 Å². The molecule has 0 unspecified atom stereocenters. The smallest absolute Gasteiger partial charge is 0.145 e. The summed E-state index contributed by atoms with van der Waals surface area (Å²) in [4.78, 5) is 9.65. The minimum Gasteiger partial charge on any atom is -0.320 e. The molecule has 3 aromatic carbocycles. The van der Waals surface area contributed by atoms with Gasteiger partial charge in [-0.1, -0.05) is 57.2 Å². The van der Waals surface area contributed by atoms with Crippen LogP contribution in [0.3, 0.4) is 0 Å². The monoisotopic (exact) mass is 522 g/mol. The van der Waals surface area contributed by atoms with Crippen molar-refractivity contribution in [2.75, 3.05) is 0 Å². The van der Waals surface area contributed by atoms with Gasteiger partial charge in [0, 0.05) is 45.2 Å². The molecule has 4 nitrogen and oxygen atoms in total. The molecule has 0 fully saturated rings. The number of hydrogen-bond acceptors (Lipinski definition) is 2. The van der Waals surface area contributed by atoms with Gasteiger partial charge in [0.05, 0.1) is 11.0 Å². The van der Waals surface area contributed by atoms with Gasteiger partial charge in [-0.25, -0.2) is 9.97 Å². The van der Waals surface area contributed by atoms with Crippen molar-refractivity contribution >= 4 is 43.9 Å². The summed E-state index contributed by atoms with van der Waals surface area (Å²) in [5, 5.41) is 4.92. The summed E-state index contributed by atoms with van der Waals surface area (Å²) in [6, 6.07) is 30.7. The minimum atomic E-state index is -0.0910. The molecule has 0 radical (unpaired) electrons. The fourth-order valence-corrected chi connectivity index (χ4v) is 6.38. The molecule has 4 heterocycles. The molecule has 0 aliphatic carbocycles. The van der Waals surface area contributed by atoms with Crippen molar-refractivity contribution in [2.24, 2.45) is 0 Å². The number of hydrogen-bond donors (Lipinski definition) is 0. The molecule has 0 amide bonds. The zero-order chi connectivity index (χ0) is 27.8. The lowest BCUT2D eigenvalue weighted by atomic mass is 9.84. The number of pyridine rings is 2. The van der Waals surface area contributed by atoms with Crippen LogP contribution in [0.5, 0.6) is 0 Å². The molecule has 0 spiro atoms. The molecule has 4 aromatic heterocycles. The van der Waals surface area contributed by atoms with E-state index in [1.807, 2.05) is 24.5 Å². The highest BCUT2D eigenvalue weighted by atomic mass is 15.1. The van der Waals surface area contributed by atoms with Crippen molar-refractivity contribution in [3.8, 4) is 16.8 Å². The summed E-state index contributed by atoms with van der Waals surface area (Å²) in [7, 11) is 0. The first-order valence-electron chi connectivity index (χ1n) is 14.0. The standard InChI is InChI=1S/C36H34N4/c1-35(2,3)28-14-8-15-29-32(28)27-13-10-21-37-33(27)39(29)24-19-17-23(18-20-24)25-11-7-16-30-31(25)26-12-9-22-38-34(26)40(30)36(4,5)6/h7-22H,1-6H3. The Labute approximate surface area is 234 Å². The second kappa shape index (κ2) is 8.53. The lowest BCUT2D eigenvalue weighted by Crippen LogP contribution is -2.21. The van der Waals surface area contributed by atoms with Crippen molar-refractivity contribution in [1.29, 1.82) is 0 Å². The van der Waals surface area contributed by atoms with Crippen molar-refractivity contribution in [2.45, 2.75) is 52.5 Å². The van der Waals surface area contributed by atoms with Crippen LogP contribution in [0.25, 0.3) is 60.7 Å². The molecule has 0 aliphatic rings. The van der Waals surface area contributed by atoms with Gasteiger partial charge in [0.1, 0.15) is 11.3 Å². The highest BCUT2D eigenvalue weighted by Gasteiger charge is 2.24. The van der Waals surface area contributed by atoms with E-state index in [-0.39, 0.29) is 11.0 Å². The summed E-state index contributed by atoms with van der Waals surface area (Å²) in [6.07, 6.45) is 3.78. The Morgan fingerprint density at radius 3 is 1.88 bits per heavy atom. The van der Waals surface area contributed by atoms with Gasteiger partial charge in [-0.2, -0.15) is 0 Å². The van der Waals surface area contributed by atoms with Crippen LogP contribution in [0.15, 0.2) is 97.3 Å². The Morgan fingerprint density at radius 1 is 0.575 bits per heavy atom. The maximum absolute atomic E-state index is 4.85. The number of benzene rings is 3. The topological polar surface area (TPSA) is 35.6 Å². The zero-order valence-corrected chi connectivity index (χ0v) is 24.0. The largest absolute Gasteiger partial charge is 0.320 e. The Hall–Kier alpha value is -4.44. The van der Waals surface area contributed by atoms with Crippen LogP contribution in [-0.2, 0) is 11.0 Å². The van der Waals surface area contributed by atoms with Crippen LogP contribution in [0, 0.1) is 0 Å². The fourth-order valence-electron chi connectivity index (χ4n) is 6.38. The van der Waals surface area contributed by atoms with Crippen molar-refractivity contribution < 1.29 is 0 Å². The predicted octanol–water partition coefficient (Wildman–Crippen LogP) is 9.40. The summed E-state index contributed by atoms with van der Waals surface area (Å²) in [5.41, 5.74) is 9.22. The molecule has 0 atom stereocenters. The number of aromatic nitrogens is 4. The van der Waals surface area contributed by atoms with Crippen LogP contribution in [0.4, 0.5) is 0 Å². The normalized spacial score (nSPS) is 12.8. The third-order valence-corrected chi connectivity index (χ3v) is 8.02. The molecule has 0 bridgehead atoms.